The number of methoxy groups -OCH3 is 1. The van der Waals surface area contributed by atoms with Gasteiger partial charge >= 0.3 is 0 Å². The third kappa shape index (κ3) is 4.16. The SMILES string of the molecule is COc1ccc(-c2cc3ccccn3c2C(=O)C(=O)N2CCN(c3cccc(C)c3C)CC2)cc1. The number of carbonyl (C=O) groups is 2. The zero-order valence-corrected chi connectivity index (χ0v) is 20.3. The average Bonchev–Trinajstić information content (AvgIpc) is 3.29. The molecule has 0 unspecified atom stereocenters. The lowest BCUT2D eigenvalue weighted by Gasteiger charge is -2.36. The Kier molecular flexibility index (Phi) is 6.03. The highest BCUT2D eigenvalue weighted by molar-refractivity contribution is 6.43. The molecule has 1 fully saturated rings. The number of piperazine rings is 1. The number of carbonyl (C=O) groups excluding carboxylic acids is 2. The molecule has 5 rings (SSSR count). The zero-order chi connectivity index (χ0) is 24.5. The molecule has 0 spiro atoms. The molecule has 35 heavy (non-hydrogen) atoms. The van der Waals surface area contributed by atoms with Gasteiger partial charge in [-0.05, 0) is 66.9 Å². The van der Waals surface area contributed by atoms with Crippen molar-refractivity contribution in [1.29, 1.82) is 0 Å². The van der Waals surface area contributed by atoms with Gasteiger partial charge in [-0.15, -0.1) is 0 Å². The third-order valence-electron chi connectivity index (χ3n) is 6.97. The van der Waals surface area contributed by atoms with Crippen molar-refractivity contribution in [3.05, 3.63) is 89.7 Å². The van der Waals surface area contributed by atoms with E-state index < -0.39 is 11.7 Å². The van der Waals surface area contributed by atoms with E-state index in [-0.39, 0.29) is 0 Å². The summed E-state index contributed by atoms with van der Waals surface area (Å²) >= 11 is 0. The van der Waals surface area contributed by atoms with Crippen LogP contribution in [0.1, 0.15) is 21.6 Å². The fraction of sp³-hybridized carbons (Fsp3) is 0.241. The number of Topliss-reactive ketones (excluding diaryl/α,β-unsaturated/α-hetero) is 1. The van der Waals surface area contributed by atoms with Gasteiger partial charge in [-0.25, -0.2) is 0 Å². The lowest BCUT2D eigenvalue weighted by Crippen LogP contribution is -2.51. The highest BCUT2D eigenvalue weighted by Gasteiger charge is 2.31. The smallest absolute Gasteiger partial charge is 0.296 e. The molecule has 0 N–H and O–H groups in total. The summed E-state index contributed by atoms with van der Waals surface area (Å²) in [6, 6.07) is 21.5. The van der Waals surface area contributed by atoms with Crippen molar-refractivity contribution in [2.75, 3.05) is 38.2 Å². The number of benzene rings is 2. The molecule has 0 aliphatic carbocycles. The van der Waals surface area contributed by atoms with Gasteiger partial charge in [0.15, 0.2) is 0 Å². The van der Waals surface area contributed by atoms with Crippen LogP contribution < -0.4 is 9.64 Å². The maximum atomic E-state index is 13.6. The van der Waals surface area contributed by atoms with Gasteiger partial charge in [0.05, 0.1) is 7.11 Å². The molecule has 1 aliphatic rings. The summed E-state index contributed by atoms with van der Waals surface area (Å²) in [5.74, 6) is -0.199. The van der Waals surface area contributed by atoms with E-state index in [1.807, 2.05) is 59.1 Å². The summed E-state index contributed by atoms with van der Waals surface area (Å²) in [6.07, 6.45) is 1.83. The first-order chi connectivity index (χ1) is 17.0. The topological polar surface area (TPSA) is 54.3 Å². The lowest BCUT2D eigenvalue weighted by atomic mass is 10.0. The fourth-order valence-electron chi connectivity index (χ4n) is 4.82. The Hall–Kier alpha value is -4.06. The summed E-state index contributed by atoms with van der Waals surface area (Å²) in [7, 11) is 1.62. The van der Waals surface area contributed by atoms with Crippen molar-refractivity contribution in [1.82, 2.24) is 9.30 Å². The standard InChI is InChI=1S/C29H29N3O3/c1-20-7-6-9-26(21(20)2)30-15-17-31(18-16-30)29(34)28(33)27-25(19-23-8-4-5-14-32(23)27)22-10-12-24(35-3)13-11-22/h4-14,19H,15-18H2,1-3H3. The molecule has 1 aliphatic heterocycles. The summed E-state index contributed by atoms with van der Waals surface area (Å²) in [6.45, 7) is 6.66. The molecule has 2 aromatic heterocycles. The van der Waals surface area contributed by atoms with Crippen LogP contribution >= 0.6 is 0 Å². The molecule has 0 saturated carbocycles. The van der Waals surface area contributed by atoms with E-state index in [9.17, 15) is 9.59 Å². The first-order valence-corrected chi connectivity index (χ1v) is 11.9. The minimum absolute atomic E-state index is 0.396. The zero-order valence-electron chi connectivity index (χ0n) is 20.3. The second-order valence-electron chi connectivity index (χ2n) is 8.96. The van der Waals surface area contributed by atoms with Crippen molar-refractivity contribution in [2.45, 2.75) is 13.8 Å². The van der Waals surface area contributed by atoms with E-state index in [0.717, 1.165) is 22.4 Å². The number of hydrogen-bond donors (Lipinski definition) is 0. The second kappa shape index (κ2) is 9.29. The van der Waals surface area contributed by atoms with Gasteiger partial charge in [0.1, 0.15) is 11.4 Å². The highest BCUT2D eigenvalue weighted by Crippen LogP contribution is 2.30. The van der Waals surface area contributed by atoms with E-state index in [1.165, 1.54) is 16.8 Å². The van der Waals surface area contributed by atoms with Crippen molar-refractivity contribution >= 4 is 22.9 Å². The van der Waals surface area contributed by atoms with Crippen LogP contribution in [0.2, 0.25) is 0 Å². The van der Waals surface area contributed by atoms with Crippen LogP contribution in [-0.4, -0.2) is 54.3 Å². The number of hydrogen-bond acceptors (Lipinski definition) is 4. The molecule has 3 heterocycles. The van der Waals surface area contributed by atoms with Gasteiger partial charge < -0.3 is 18.9 Å². The first kappa shape index (κ1) is 22.7. The van der Waals surface area contributed by atoms with E-state index in [1.54, 1.807) is 12.0 Å². The first-order valence-electron chi connectivity index (χ1n) is 11.9. The van der Waals surface area contributed by atoms with Crippen LogP contribution in [0.5, 0.6) is 5.75 Å². The summed E-state index contributed by atoms with van der Waals surface area (Å²) < 4.78 is 7.09. The number of ether oxygens (including phenoxy) is 1. The highest BCUT2D eigenvalue weighted by atomic mass is 16.5. The quantitative estimate of drug-likeness (QED) is 0.314. The largest absolute Gasteiger partial charge is 0.497 e. The number of ketones is 1. The number of pyridine rings is 1. The van der Waals surface area contributed by atoms with E-state index in [4.69, 9.17) is 4.74 Å². The molecular formula is C29H29N3O3. The van der Waals surface area contributed by atoms with Crippen LogP contribution in [0.3, 0.4) is 0 Å². The van der Waals surface area contributed by atoms with Gasteiger partial charge in [-0.2, -0.15) is 0 Å². The lowest BCUT2D eigenvalue weighted by molar-refractivity contribution is -0.126. The number of aromatic nitrogens is 1. The maximum Gasteiger partial charge on any atom is 0.296 e. The molecule has 4 aromatic rings. The Morgan fingerprint density at radius 3 is 2.31 bits per heavy atom. The van der Waals surface area contributed by atoms with Crippen molar-refractivity contribution in [3.63, 3.8) is 0 Å². The fourth-order valence-corrected chi connectivity index (χ4v) is 4.82. The predicted octanol–water partition coefficient (Wildman–Crippen LogP) is 4.76. The van der Waals surface area contributed by atoms with Gasteiger partial charge in [0.25, 0.3) is 11.7 Å². The molecule has 6 nitrogen and oxygen atoms in total. The van der Waals surface area contributed by atoms with Gasteiger partial charge in [-0.1, -0.05) is 30.3 Å². The van der Waals surface area contributed by atoms with Crippen LogP contribution in [0.4, 0.5) is 5.69 Å². The molecule has 0 bridgehead atoms. The number of rotatable bonds is 5. The number of aryl methyl sites for hydroxylation is 1. The minimum Gasteiger partial charge on any atom is -0.497 e. The predicted molar refractivity (Wildman–Crippen MR) is 138 cm³/mol. The van der Waals surface area contributed by atoms with Gasteiger partial charge in [-0.3, -0.25) is 9.59 Å². The molecular weight excluding hydrogens is 438 g/mol. The molecule has 1 amide bonds. The molecule has 6 heteroatoms. The normalized spacial score (nSPS) is 13.8. The molecule has 2 aromatic carbocycles. The van der Waals surface area contributed by atoms with Crippen molar-refractivity contribution in [2.24, 2.45) is 0 Å². The molecule has 1 saturated heterocycles. The van der Waals surface area contributed by atoms with Crippen molar-refractivity contribution in [3.8, 4) is 16.9 Å². The summed E-state index contributed by atoms with van der Waals surface area (Å²) in [5, 5.41) is 0. The Morgan fingerprint density at radius 2 is 1.60 bits per heavy atom. The third-order valence-corrected chi connectivity index (χ3v) is 6.97. The minimum atomic E-state index is -0.484. The van der Waals surface area contributed by atoms with Crippen molar-refractivity contribution < 1.29 is 14.3 Å². The molecule has 0 atom stereocenters. The number of anilines is 1. The van der Waals surface area contributed by atoms with Crippen LogP contribution in [0, 0.1) is 13.8 Å². The van der Waals surface area contributed by atoms with Crippen LogP contribution in [0.15, 0.2) is 72.9 Å². The van der Waals surface area contributed by atoms with Crippen LogP contribution in [0.25, 0.3) is 16.6 Å². The van der Waals surface area contributed by atoms with E-state index in [2.05, 4.69) is 36.9 Å². The monoisotopic (exact) mass is 467 g/mol. The maximum absolute atomic E-state index is 13.6. The Labute approximate surface area is 205 Å². The van der Waals surface area contributed by atoms with E-state index in [0.29, 0.717) is 31.9 Å². The Bertz CT molecular complexity index is 1400. The molecule has 178 valence electrons. The second-order valence-corrected chi connectivity index (χ2v) is 8.96. The Balaban J connectivity index is 1.41. The summed E-state index contributed by atoms with van der Waals surface area (Å²) in [5.41, 5.74) is 6.58. The van der Waals surface area contributed by atoms with Gasteiger partial charge in [0.2, 0.25) is 0 Å². The number of fused-ring (bicyclic) bond motifs is 1. The molecule has 0 radical (unpaired) electrons. The Morgan fingerprint density at radius 1 is 0.857 bits per heavy atom. The number of nitrogens with zero attached hydrogens (tertiary/aromatic N) is 3. The van der Waals surface area contributed by atoms with Crippen LogP contribution in [-0.2, 0) is 4.79 Å². The van der Waals surface area contributed by atoms with Gasteiger partial charge in [0, 0.05) is 49.1 Å². The van der Waals surface area contributed by atoms with E-state index >= 15 is 0 Å². The number of amides is 1. The average molecular weight is 468 g/mol. The summed E-state index contributed by atoms with van der Waals surface area (Å²) in [4.78, 5) is 31.0.